The Morgan fingerprint density at radius 3 is 3.09 bits per heavy atom. The zero-order valence-electron chi connectivity index (χ0n) is 12.9. The van der Waals surface area contributed by atoms with Gasteiger partial charge in [0, 0.05) is 37.1 Å². The van der Waals surface area contributed by atoms with E-state index in [-0.39, 0.29) is 12.0 Å². The zero-order valence-corrected chi connectivity index (χ0v) is 13.7. The lowest BCUT2D eigenvalue weighted by Gasteiger charge is -2.35. The lowest BCUT2D eigenvalue weighted by molar-refractivity contribution is -0.0138. The third kappa shape index (κ3) is 5.12. The summed E-state index contributed by atoms with van der Waals surface area (Å²) in [5.41, 5.74) is 0.965. The molecule has 1 fully saturated rings. The molecule has 1 aromatic carbocycles. The minimum absolute atomic E-state index is 0.0976. The second-order valence-electron chi connectivity index (χ2n) is 5.74. The van der Waals surface area contributed by atoms with Crippen molar-refractivity contribution >= 4 is 17.7 Å². The Labute approximate surface area is 141 Å². The molecule has 23 heavy (non-hydrogen) atoms. The summed E-state index contributed by atoms with van der Waals surface area (Å²) in [7, 11) is 0. The molecule has 2 atom stereocenters. The maximum Gasteiger partial charge on any atom is 0.407 e. The Morgan fingerprint density at radius 1 is 1.57 bits per heavy atom. The average Bonchev–Trinajstić information content (AvgIpc) is 2.55. The fraction of sp³-hybridized carbons (Fsp3) is 0.529. The summed E-state index contributed by atoms with van der Waals surface area (Å²) in [6, 6.07) is 9.62. The number of nitrogens with zero attached hydrogens (tertiary/aromatic N) is 2. The summed E-state index contributed by atoms with van der Waals surface area (Å²) >= 11 is 6.09. The summed E-state index contributed by atoms with van der Waals surface area (Å²) < 4.78 is 6.02. The van der Waals surface area contributed by atoms with Crippen LogP contribution in [-0.4, -0.2) is 35.8 Å². The third-order valence-electron chi connectivity index (χ3n) is 4.06. The van der Waals surface area contributed by atoms with E-state index in [2.05, 4.69) is 6.07 Å². The highest BCUT2D eigenvalue weighted by molar-refractivity contribution is 6.30. The molecule has 1 amide bonds. The van der Waals surface area contributed by atoms with E-state index >= 15 is 0 Å². The largest absolute Gasteiger partial charge is 0.465 e. The summed E-state index contributed by atoms with van der Waals surface area (Å²) in [4.78, 5) is 12.7. The van der Waals surface area contributed by atoms with Crippen LogP contribution in [0.3, 0.4) is 0 Å². The molecule has 1 aliphatic rings. The molecule has 5 nitrogen and oxygen atoms in total. The maximum atomic E-state index is 11.2. The Hall–Kier alpha value is -1.77. The van der Waals surface area contributed by atoms with Crippen molar-refractivity contribution in [3.05, 3.63) is 34.9 Å². The number of carboxylic acid groups (broad SMARTS) is 1. The number of unbranched alkanes of at least 4 members (excludes halogenated alkanes) is 1. The van der Waals surface area contributed by atoms with Crippen molar-refractivity contribution in [2.75, 3.05) is 19.7 Å². The molecular weight excluding hydrogens is 316 g/mol. The summed E-state index contributed by atoms with van der Waals surface area (Å²) in [6.45, 7) is 1.52. The van der Waals surface area contributed by atoms with Crippen LogP contribution in [0.2, 0.25) is 5.02 Å². The van der Waals surface area contributed by atoms with E-state index < -0.39 is 6.09 Å². The highest BCUT2D eigenvalue weighted by Crippen LogP contribution is 2.34. The summed E-state index contributed by atoms with van der Waals surface area (Å²) in [5, 5.41) is 18.5. The number of piperidine rings is 1. The van der Waals surface area contributed by atoms with Gasteiger partial charge in [-0.25, -0.2) is 4.79 Å². The van der Waals surface area contributed by atoms with Crippen molar-refractivity contribution in [2.45, 2.75) is 31.8 Å². The van der Waals surface area contributed by atoms with Crippen molar-refractivity contribution in [2.24, 2.45) is 5.92 Å². The molecule has 0 aliphatic carbocycles. The first-order valence-corrected chi connectivity index (χ1v) is 8.21. The number of benzene rings is 1. The first kappa shape index (κ1) is 17.6. The SMILES string of the molecule is N#CCCCOC(c1cccc(Cl)c1)C1CCCN(C(=O)O)C1. The minimum atomic E-state index is -0.885. The van der Waals surface area contributed by atoms with E-state index in [1.807, 2.05) is 24.3 Å². The lowest BCUT2D eigenvalue weighted by Crippen LogP contribution is -2.41. The molecular formula is C17H21ClN2O3. The van der Waals surface area contributed by atoms with Gasteiger partial charge in [0.1, 0.15) is 0 Å². The number of ether oxygens (including phenoxy) is 1. The monoisotopic (exact) mass is 336 g/mol. The van der Waals surface area contributed by atoms with Gasteiger partial charge >= 0.3 is 6.09 Å². The molecule has 1 heterocycles. The van der Waals surface area contributed by atoms with Gasteiger partial charge in [0.2, 0.25) is 0 Å². The van der Waals surface area contributed by atoms with Crippen LogP contribution in [0.1, 0.15) is 37.4 Å². The van der Waals surface area contributed by atoms with Gasteiger partial charge in [0.25, 0.3) is 0 Å². The van der Waals surface area contributed by atoms with Crippen LogP contribution in [0.4, 0.5) is 4.79 Å². The number of carbonyl (C=O) groups is 1. The van der Waals surface area contributed by atoms with Gasteiger partial charge in [0.05, 0.1) is 12.2 Å². The predicted molar refractivity (Wildman–Crippen MR) is 87.3 cm³/mol. The number of nitriles is 1. The number of hydrogen-bond donors (Lipinski definition) is 1. The van der Waals surface area contributed by atoms with Crippen LogP contribution >= 0.6 is 11.6 Å². The Balaban J connectivity index is 2.12. The molecule has 0 aromatic heterocycles. The van der Waals surface area contributed by atoms with E-state index in [9.17, 15) is 9.90 Å². The van der Waals surface area contributed by atoms with Gasteiger partial charge in [-0.3, -0.25) is 0 Å². The quantitative estimate of drug-likeness (QED) is 0.794. The number of amides is 1. The lowest BCUT2D eigenvalue weighted by atomic mass is 9.88. The van der Waals surface area contributed by atoms with E-state index in [0.717, 1.165) is 18.4 Å². The van der Waals surface area contributed by atoms with Crippen LogP contribution in [0, 0.1) is 17.2 Å². The third-order valence-corrected chi connectivity index (χ3v) is 4.30. The number of likely N-dealkylation sites (tertiary alicyclic amines) is 1. The standard InChI is InChI=1S/C17H21ClN2O3/c18-15-7-3-5-13(11-15)16(23-10-2-1-8-19)14-6-4-9-20(12-14)17(21)22/h3,5,7,11,14,16H,1-2,4,6,9-10,12H2,(H,21,22). The Kier molecular flexibility index (Phi) is 6.69. The first-order valence-electron chi connectivity index (χ1n) is 7.83. The van der Waals surface area contributed by atoms with Gasteiger partial charge in [0.15, 0.2) is 0 Å². The number of hydrogen-bond acceptors (Lipinski definition) is 3. The minimum Gasteiger partial charge on any atom is -0.465 e. The maximum absolute atomic E-state index is 11.2. The molecule has 124 valence electrons. The molecule has 2 unspecified atom stereocenters. The molecule has 1 saturated heterocycles. The van der Waals surface area contributed by atoms with Crippen molar-refractivity contribution in [3.8, 4) is 6.07 Å². The molecule has 6 heteroatoms. The normalized spacial score (nSPS) is 19.1. The van der Waals surface area contributed by atoms with Gasteiger partial charge in [-0.15, -0.1) is 0 Å². The molecule has 1 N–H and O–H groups in total. The van der Waals surface area contributed by atoms with E-state index in [1.54, 1.807) is 0 Å². The molecule has 0 radical (unpaired) electrons. The molecule has 2 rings (SSSR count). The van der Waals surface area contributed by atoms with E-state index in [0.29, 0.717) is 37.6 Å². The van der Waals surface area contributed by atoms with Crippen molar-refractivity contribution in [3.63, 3.8) is 0 Å². The Morgan fingerprint density at radius 2 is 2.39 bits per heavy atom. The predicted octanol–water partition coefficient (Wildman–Crippen LogP) is 4.09. The number of rotatable bonds is 6. The van der Waals surface area contributed by atoms with Crippen LogP contribution < -0.4 is 0 Å². The van der Waals surface area contributed by atoms with E-state index in [1.165, 1.54) is 4.90 Å². The zero-order chi connectivity index (χ0) is 16.7. The summed E-state index contributed by atoms with van der Waals surface area (Å²) in [6.07, 6.45) is 1.78. The fourth-order valence-electron chi connectivity index (χ4n) is 2.98. The van der Waals surface area contributed by atoms with Crippen molar-refractivity contribution < 1.29 is 14.6 Å². The first-order chi connectivity index (χ1) is 11.1. The average molecular weight is 337 g/mol. The van der Waals surface area contributed by atoms with Gasteiger partial charge in [-0.1, -0.05) is 23.7 Å². The van der Waals surface area contributed by atoms with Gasteiger partial charge < -0.3 is 14.7 Å². The fourth-order valence-corrected chi connectivity index (χ4v) is 3.18. The van der Waals surface area contributed by atoms with Gasteiger partial charge in [-0.2, -0.15) is 5.26 Å². The Bertz CT molecular complexity index is 573. The van der Waals surface area contributed by atoms with Crippen LogP contribution in [0.25, 0.3) is 0 Å². The van der Waals surface area contributed by atoms with Crippen molar-refractivity contribution in [1.82, 2.24) is 4.90 Å². The molecule has 0 bridgehead atoms. The van der Waals surface area contributed by atoms with Gasteiger partial charge in [-0.05, 0) is 37.0 Å². The second-order valence-corrected chi connectivity index (χ2v) is 6.18. The van der Waals surface area contributed by atoms with Crippen LogP contribution in [0.15, 0.2) is 24.3 Å². The highest BCUT2D eigenvalue weighted by atomic mass is 35.5. The topological polar surface area (TPSA) is 73.6 Å². The molecule has 1 aliphatic heterocycles. The van der Waals surface area contributed by atoms with E-state index in [4.69, 9.17) is 21.6 Å². The number of halogens is 1. The molecule has 0 saturated carbocycles. The van der Waals surface area contributed by atoms with Crippen molar-refractivity contribution in [1.29, 1.82) is 5.26 Å². The smallest absolute Gasteiger partial charge is 0.407 e. The van der Waals surface area contributed by atoms with Crippen LogP contribution in [0.5, 0.6) is 0 Å². The highest BCUT2D eigenvalue weighted by Gasteiger charge is 2.31. The molecule has 0 spiro atoms. The second kappa shape index (κ2) is 8.76. The van der Waals surface area contributed by atoms with Crippen LogP contribution in [-0.2, 0) is 4.74 Å². The summed E-state index contributed by atoms with van der Waals surface area (Å²) in [5.74, 6) is 0.0976. The molecule has 1 aromatic rings.